The van der Waals surface area contributed by atoms with Crippen LogP contribution < -0.4 is 11.1 Å². The summed E-state index contributed by atoms with van der Waals surface area (Å²) in [5.74, 6) is 0.825. The second-order valence-corrected chi connectivity index (χ2v) is 7.13. The monoisotopic (exact) mass is 266 g/mol. The Morgan fingerprint density at radius 2 is 1.79 bits per heavy atom. The lowest BCUT2D eigenvalue weighted by molar-refractivity contribution is -0.122. The van der Waals surface area contributed by atoms with E-state index in [0.717, 1.165) is 32.2 Å². The average molecular weight is 266 g/mol. The number of carbonyl (C=O) groups is 1. The van der Waals surface area contributed by atoms with Crippen molar-refractivity contribution in [1.82, 2.24) is 5.32 Å². The normalized spacial score (nSPS) is 30.8. The van der Waals surface area contributed by atoms with Gasteiger partial charge in [-0.05, 0) is 49.9 Å². The van der Waals surface area contributed by atoms with Crippen molar-refractivity contribution in [2.24, 2.45) is 17.1 Å². The molecule has 0 atom stereocenters. The molecule has 3 nitrogen and oxygen atoms in total. The summed E-state index contributed by atoms with van der Waals surface area (Å²) in [6.45, 7) is 3.20. The molecule has 2 fully saturated rings. The zero-order valence-corrected chi connectivity index (χ0v) is 12.4. The zero-order valence-electron chi connectivity index (χ0n) is 12.4. The predicted octanol–water partition coefficient (Wildman–Crippen LogP) is 2.98. The largest absolute Gasteiger partial charge is 0.356 e. The lowest BCUT2D eigenvalue weighted by Gasteiger charge is -2.34. The molecule has 2 aliphatic carbocycles. The van der Waals surface area contributed by atoms with E-state index in [-0.39, 0.29) is 5.91 Å². The summed E-state index contributed by atoms with van der Waals surface area (Å²) in [6.07, 6.45) is 11.7. The highest BCUT2D eigenvalue weighted by atomic mass is 16.1. The van der Waals surface area contributed by atoms with Gasteiger partial charge in [-0.15, -0.1) is 0 Å². The van der Waals surface area contributed by atoms with Crippen molar-refractivity contribution in [3.63, 3.8) is 0 Å². The van der Waals surface area contributed by atoms with Gasteiger partial charge in [-0.3, -0.25) is 4.79 Å². The maximum atomic E-state index is 12.0. The maximum Gasteiger partial charge on any atom is 0.220 e. The number of hydrogen-bond acceptors (Lipinski definition) is 2. The first kappa shape index (κ1) is 14.8. The van der Waals surface area contributed by atoms with Gasteiger partial charge in [0.05, 0.1) is 0 Å². The number of nitrogens with one attached hydrogen (secondary N) is 1. The van der Waals surface area contributed by atoms with Crippen molar-refractivity contribution in [1.29, 1.82) is 0 Å². The Kier molecular flexibility index (Phi) is 5.26. The topological polar surface area (TPSA) is 55.1 Å². The van der Waals surface area contributed by atoms with E-state index < -0.39 is 0 Å². The summed E-state index contributed by atoms with van der Waals surface area (Å²) in [6, 6.07) is 0.375. The molecule has 0 bridgehead atoms. The van der Waals surface area contributed by atoms with E-state index in [2.05, 4.69) is 12.2 Å². The summed E-state index contributed by atoms with van der Waals surface area (Å²) < 4.78 is 0. The molecular formula is C16H30N2O. The molecule has 0 aromatic heterocycles. The van der Waals surface area contributed by atoms with Gasteiger partial charge < -0.3 is 11.1 Å². The third-order valence-electron chi connectivity index (χ3n) is 5.14. The number of rotatable bonds is 4. The molecular weight excluding hydrogens is 236 g/mol. The highest BCUT2D eigenvalue weighted by Gasteiger charge is 2.27. The van der Waals surface area contributed by atoms with Crippen molar-refractivity contribution >= 4 is 5.91 Å². The van der Waals surface area contributed by atoms with Crippen LogP contribution in [0.3, 0.4) is 0 Å². The van der Waals surface area contributed by atoms with Crippen LogP contribution >= 0.6 is 0 Å². The van der Waals surface area contributed by atoms with Gasteiger partial charge in [-0.2, -0.15) is 0 Å². The summed E-state index contributed by atoms with van der Waals surface area (Å²) in [7, 11) is 0. The average Bonchev–Trinajstić information content (AvgIpc) is 2.40. The Morgan fingerprint density at radius 1 is 1.16 bits per heavy atom. The second kappa shape index (κ2) is 6.74. The molecule has 0 spiro atoms. The standard InChI is InChI=1S/C16H30N2O/c1-16(9-3-2-4-10-16)12-18-15(19)11-13-5-7-14(17)8-6-13/h13-14H,2-12,17H2,1H3,(H,18,19). The number of nitrogens with two attached hydrogens (primary N) is 1. The molecule has 2 aliphatic rings. The third-order valence-corrected chi connectivity index (χ3v) is 5.14. The Hall–Kier alpha value is -0.570. The van der Waals surface area contributed by atoms with E-state index in [0.29, 0.717) is 23.8 Å². The minimum absolute atomic E-state index is 0.257. The Labute approximate surface area is 117 Å². The summed E-state index contributed by atoms with van der Waals surface area (Å²) in [5, 5.41) is 3.18. The molecule has 19 heavy (non-hydrogen) atoms. The minimum Gasteiger partial charge on any atom is -0.356 e. The smallest absolute Gasteiger partial charge is 0.220 e. The van der Waals surface area contributed by atoms with E-state index in [1.807, 2.05) is 0 Å². The van der Waals surface area contributed by atoms with Crippen LogP contribution in [0.15, 0.2) is 0 Å². The number of amides is 1. The van der Waals surface area contributed by atoms with Crippen molar-refractivity contribution in [2.45, 2.75) is 77.2 Å². The Balaban J connectivity index is 1.66. The molecule has 0 heterocycles. The molecule has 0 radical (unpaired) electrons. The van der Waals surface area contributed by atoms with E-state index in [9.17, 15) is 4.79 Å². The van der Waals surface area contributed by atoms with Crippen LogP contribution in [0.2, 0.25) is 0 Å². The number of hydrogen-bond donors (Lipinski definition) is 2. The van der Waals surface area contributed by atoms with Gasteiger partial charge in [0, 0.05) is 19.0 Å². The van der Waals surface area contributed by atoms with Crippen molar-refractivity contribution in [3.8, 4) is 0 Å². The molecule has 0 saturated heterocycles. The molecule has 0 aromatic carbocycles. The first-order valence-electron chi connectivity index (χ1n) is 8.10. The summed E-state index contributed by atoms with van der Waals surface area (Å²) >= 11 is 0. The van der Waals surface area contributed by atoms with Crippen molar-refractivity contribution in [2.75, 3.05) is 6.54 Å². The molecule has 2 saturated carbocycles. The van der Waals surface area contributed by atoms with Crippen LogP contribution in [0, 0.1) is 11.3 Å². The Bertz CT molecular complexity index is 289. The minimum atomic E-state index is 0.257. The first-order valence-corrected chi connectivity index (χ1v) is 8.10. The predicted molar refractivity (Wildman–Crippen MR) is 78.8 cm³/mol. The van der Waals surface area contributed by atoms with Crippen LogP contribution in [-0.2, 0) is 4.79 Å². The second-order valence-electron chi connectivity index (χ2n) is 7.13. The first-order chi connectivity index (χ1) is 9.07. The lowest BCUT2D eigenvalue weighted by atomic mass is 9.75. The van der Waals surface area contributed by atoms with Crippen LogP contribution in [0.4, 0.5) is 0 Å². The lowest BCUT2D eigenvalue weighted by Crippen LogP contribution is -2.38. The maximum absolute atomic E-state index is 12.0. The van der Waals surface area contributed by atoms with Crippen LogP contribution in [0.1, 0.15) is 71.1 Å². The van der Waals surface area contributed by atoms with Gasteiger partial charge in [0.25, 0.3) is 0 Å². The van der Waals surface area contributed by atoms with Gasteiger partial charge in [-0.1, -0.05) is 26.2 Å². The molecule has 0 unspecified atom stereocenters. The van der Waals surface area contributed by atoms with Gasteiger partial charge >= 0.3 is 0 Å². The number of carbonyl (C=O) groups excluding carboxylic acids is 1. The zero-order chi connectivity index (χ0) is 13.7. The van der Waals surface area contributed by atoms with Crippen molar-refractivity contribution in [3.05, 3.63) is 0 Å². The summed E-state index contributed by atoms with van der Waals surface area (Å²) in [5.41, 5.74) is 6.25. The molecule has 0 aromatic rings. The highest BCUT2D eigenvalue weighted by molar-refractivity contribution is 5.76. The van der Waals surface area contributed by atoms with Crippen LogP contribution in [0.25, 0.3) is 0 Å². The summed E-state index contributed by atoms with van der Waals surface area (Å²) in [4.78, 5) is 12.0. The fraction of sp³-hybridized carbons (Fsp3) is 0.938. The SMILES string of the molecule is CC1(CNC(=O)CC2CCC(N)CC2)CCCCC1. The van der Waals surface area contributed by atoms with E-state index in [1.54, 1.807) is 0 Å². The molecule has 1 amide bonds. The Morgan fingerprint density at radius 3 is 2.42 bits per heavy atom. The van der Waals surface area contributed by atoms with Crippen LogP contribution in [-0.4, -0.2) is 18.5 Å². The van der Waals surface area contributed by atoms with Crippen LogP contribution in [0.5, 0.6) is 0 Å². The third kappa shape index (κ3) is 4.79. The molecule has 3 N–H and O–H groups in total. The fourth-order valence-electron chi connectivity index (χ4n) is 3.62. The molecule has 110 valence electrons. The molecule has 3 heteroatoms. The van der Waals surface area contributed by atoms with E-state index in [1.165, 1.54) is 32.1 Å². The van der Waals surface area contributed by atoms with Gasteiger partial charge in [0.2, 0.25) is 5.91 Å². The quantitative estimate of drug-likeness (QED) is 0.822. The van der Waals surface area contributed by atoms with Crippen molar-refractivity contribution < 1.29 is 4.79 Å². The molecule has 0 aliphatic heterocycles. The molecule has 2 rings (SSSR count). The highest BCUT2D eigenvalue weighted by Crippen LogP contribution is 2.35. The fourth-order valence-corrected chi connectivity index (χ4v) is 3.62. The van der Waals surface area contributed by atoms with E-state index in [4.69, 9.17) is 5.73 Å². The van der Waals surface area contributed by atoms with Gasteiger partial charge in [0.15, 0.2) is 0 Å². The van der Waals surface area contributed by atoms with Gasteiger partial charge in [-0.25, -0.2) is 0 Å². The van der Waals surface area contributed by atoms with E-state index >= 15 is 0 Å². The van der Waals surface area contributed by atoms with Gasteiger partial charge in [0.1, 0.15) is 0 Å².